The molecule has 0 radical (unpaired) electrons. The number of hydrogen-bond acceptors (Lipinski definition) is 4. The molecule has 1 fully saturated rings. The number of hydrogen-bond donors (Lipinski definition) is 0. The minimum absolute atomic E-state index is 0.122. The Hall–Kier alpha value is -3.02. The number of unbranched alkanes of at least 4 members (excludes halogenated alkanes) is 3. The zero-order chi connectivity index (χ0) is 25.5. The van der Waals surface area contributed by atoms with E-state index in [4.69, 9.17) is 21.3 Å². The van der Waals surface area contributed by atoms with Gasteiger partial charge in [-0.3, -0.25) is 9.69 Å². The molecule has 6 heteroatoms. The van der Waals surface area contributed by atoms with Crippen LogP contribution >= 0.6 is 23.4 Å². The van der Waals surface area contributed by atoms with Crippen molar-refractivity contribution in [3.63, 3.8) is 0 Å². The van der Waals surface area contributed by atoms with Gasteiger partial charge in [0, 0.05) is 10.6 Å². The molecule has 1 aliphatic heterocycles. The van der Waals surface area contributed by atoms with Gasteiger partial charge >= 0.3 is 0 Å². The molecule has 4 rings (SSSR count). The van der Waals surface area contributed by atoms with E-state index in [1.54, 1.807) is 4.90 Å². The van der Waals surface area contributed by atoms with Crippen LogP contribution in [0.1, 0.15) is 49.3 Å². The van der Waals surface area contributed by atoms with E-state index in [1.165, 1.54) is 24.6 Å². The summed E-state index contributed by atoms with van der Waals surface area (Å²) in [4.78, 5) is 20.7. The number of benzene rings is 3. The van der Waals surface area contributed by atoms with Gasteiger partial charge in [0.1, 0.15) is 5.75 Å². The fourth-order valence-corrected chi connectivity index (χ4v) is 4.99. The van der Waals surface area contributed by atoms with Crippen molar-refractivity contribution in [2.45, 2.75) is 46.5 Å². The van der Waals surface area contributed by atoms with E-state index in [2.05, 4.69) is 6.92 Å². The van der Waals surface area contributed by atoms with Crippen LogP contribution < -0.4 is 9.64 Å². The molecule has 0 bridgehead atoms. The summed E-state index contributed by atoms with van der Waals surface area (Å²) in [6, 6.07) is 21.4. The lowest BCUT2D eigenvalue weighted by molar-refractivity contribution is -0.113. The molecule has 1 aliphatic rings. The van der Waals surface area contributed by atoms with E-state index in [9.17, 15) is 4.79 Å². The largest absolute Gasteiger partial charge is 0.493 e. The van der Waals surface area contributed by atoms with Crippen LogP contribution in [0.25, 0.3) is 6.08 Å². The molecule has 0 atom stereocenters. The summed E-state index contributed by atoms with van der Waals surface area (Å²) in [5.41, 5.74) is 4.66. The van der Waals surface area contributed by atoms with Gasteiger partial charge in [-0.15, -0.1) is 0 Å². The van der Waals surface area contributed by atoms with Crippen molar-refractivity contribution < 1.29 is 9.53 Å². The first-order valence-corrected chi connectivity index (χ1v) is 13.5. The standard InChI is InChI=1S/C30H31ClN2O2S/c1-4-5-6-7-18-35-27-17-12-24(31)19-23(27)20-28-29(34)33(26-15-10-22(3)11-16-26)30(36-28)32-25-13-8-21(2)9-14-25/h8-17,19-20H,4-7,18H2,1-3H3/b28-20+,32-30?. The molecule has 186 valence electrons. The highest BCUT2D eigenvalue weighted by Gasteiger charge is 2.35. The Labute approximate surface area is 223 Å². The number of carbonyl (C=O) groups is 1. The third-order valence-corrected chi connectivity index (χ3v) is 7.08. The second kappa shape index (κ2) is 12.3. The lowest BCUT2D eigenvalue weighted by atomic mass is 10.1. The number of anilines is 1. The first-order chi connectivity index (χ1) is 17.4. The Morgan fingerprint density at radius 1 is 0.944 bits per heavy atom. The van der Waals surface area contributed by atoms with Crippen LogP contribution in [0.2, 0.25) is 5.02 Å². The number of amidine groups is 1. The molecular weight excluding hydrogens is 488 g/mol. The predicted molar refractivity (Wildman–Crippen MR) is 154 cm³/mol. The van der Waals surface area contributed by atoms with E-state index in [-0.39, 0.29) is 5.91 Å². The smallest absolute Gasteiger partial charge is 0.271 e. The molecular formula is C30H31ClN2O2S. The highest BCUT2D eigenvalue weighted by atomic mass is 35.5. The fraction of sp³-hybridized carbons (Fsp3) is 0.267. The van der Waals surface area contributed by atoms with E-state index >= 15 is 0 Å². The number of nitrogens with zero attached hydrogens (tertiary/aromatic N) is 2. The number of aryl methyl sites for hydroxylation is 2. The summed E-state index contributed by atoms with van der Waals surface area (Å²) in [5, 5.41) is 1.21. The highest BCUT2D eigenvalue weighted by Crippen LogP contribution is 2.39. The molecule has 1 heterocycles. The third kappa shape index (κ3) is 6.59. The van der Waals surface area contributed by atoms with Crippen LogP contribution in [-0.4, -0.2) is 17.7 Å². The number of aliphatic imine (C=N–C) groups is 1. The molecule has 3 aromatic rings. The zero-order valence-electron chi connectivity index (χ0n) is 21.0. The monoisotopic (exact) mass is 518 g/mol. The van der Waals surface area contributed by atoms with Crippen molar-refractivity contribution in [2.24, 2.45) is 4.99 Å². The molecule has 4 nitrogen and oxygen atoms in total. The van der Waals surface area contributed by atoms with Gasteiger partial charge in [-0.2, -0.15) is 0 Å². The quantitative estimate of drug-likeness (QED) is 0.210. The van der Waals surface area contributed by atoms with Gasteiger partial charge in [0.15, 0.2) is 5.17 Å². The Kier molecular flexibility index (Phi) is 8.89. The molecule has 0 aliphatic carbocycles. The van der Waals surface area contributed by atoms with Crippen molar-refractivity contribution in [1.29, 1.82) is 0 Å². The number of amides is 1. The van der Waals surface area contributed by atoms with Gasteiger partial charge in [-0.1, -0.05) is 73.2 Å². The predicted octanol–water partition coefficient (Wildman–Crippen LogP) is 8.72. The summed E-state index contributed by atoms with van der Waals surface area (Å²) in [7, 11) is 0. The Morgan fingerprint density at radius 2 is 1.64 bits per heavy atom. The maximum Gasteiger partial charge on any atom is 0.271 e. The van der Waals surface area contributed by atoms with Crippen molar-refractivity contribution >= 4 is 51.9 Å². The van der Waals surface area contributed by atoms with Crippen LogP contribution in [0.15, 0.2) is 76.6 Å². The minimum Gasteiger partial charge on any atom is -0.493 e. The second-order valence-corrected chi connectivity index (χ2v) is 10.4. The number of ether oxygens (including phenoxy) is 1. The van der Waals surface area contributed by atoms with Crippen molar-refractivity contribution in [3.8, 4) is 5.75 Å². The summed E-state index contributed by atoms with van der Waals surface area (Å²) < 4.78 is 6.07. The SMILES string of the molecule is CCCCCCOc1ccc(Cl)cc1/C=C1/SC(=Nc2ccc(C)cc2)N(c2ccc(C)cc2)C1=O. The molecule has 1 saturated heterocycles. The lowest BCUT2D eigenvalue weighted by Crippen LogP contribution is -2.28. The molecule has 0 N–H and O–H groups in total. The molecule has 0 unspecified atom stereocenters. The fourth-order valence-electron chi connectivity index (χ4n) is 3.82. The van der Waals surface area contributed by atoms with Crippen molar-refractivity contribution in [3.05, 3.63) is 93.3 Å². The van der Waals surface area contributed by atoms with Crippen molar-refractivity contribution in [2.75, 3.05) is 11.5 Å². The Balaban J connectivity index is 1.67. The lowest BCUT2D eigenvalue weighted by Gasteiger charge is -2.16. The molecule has 3 aromatic carbocycles. The zero-order valence-corrected chi connectivity index (χ0v) is 22.5. The molecule has 0 spiro atoms. The van der Waals surface area contributed by atoms with Crippen molar-refractivity contribution in [1.82, 2.24) is 0 Å². The Bertz CT molecular complexity index is 1270. The topological polar surface area (TPSA) is 41.9 Å². The maximum absolute atomic E-state index is 13.7. The van der Waals surface area contributed by atoms with Crippen LogP contribution in [-0.2, 0) is 4.79 Å². The molecule has 0 aromatic heterocycles. The van der Waals surface area contributed by atoms with Gasteiger partial charge in [0.25, 0.3) is 5.91 Å². The van der Waals surface area contributed by atoms with E-state index in [1.807, 2.05) is 86.7 Å². The van der Waals surface area contributed by atoms with Crippen LogP contribution in [0.4, 0.5) is 11.4 Å². The second-order valence-electron chi connectivity index (χ2n) is 8.91. The van der Waals surface area contributed by atoms with E-state index in [0.29, 0.717) is 21.7 Å². The number of halogens is 1. The first kappa shape index (κ1) is 26.1. The number of rotatable bonds is 9. The Morgan fingerprint density at radius 3 is 2.33 bits per heavy atom. The number of thioether (sulfide) groups is 1. The van der Waals surface area contributed by atoms with Gasteiger partial charge in [0.2, 0.25) is 0 Å². The van der Waals surface area contributed by atoms with Gasteiger partial charge in [0.05, 0.1) is 22.9 Å². The van der Waals surface area contributed by atoms with E-state index in [0.717, 1.165) is 46.7 Å². The maximum atomic E-state index is 13.7. The van der Waals surface area contributed by atoms with Crippen LogP contribution in [0.5, 0.6) is 5.75 Å². The average Bonchev–Trinajstić information content (AvgIpc) is 3.16. The van der Waals surface area contributed by atoms with Crippen LogP contribution in [0.3, 0.4) is 0 Å². The van der Waals surface area contributed by atoms with Gasteiger partial charge in [-0.05, 0) is 80.6 Å². The van der Waals surface area contributed by atoms with E-state index < -0.39 is 0 Å². The minimum atomic E-state index is -0.122. The van der Waals surface area contributed by atoms with Gasteiger partial charge in [-0.25, -0.2) is 4.99 Å². The number of carbonyl (C=O) groups excluding carboxylic acids is 1. The van der Waals surface area contributed by atoms with Gasteiger partial charge < -0.3 is 4.74 Å². The summed E-state index contributed by atoms with van der Waals surface area (Å²) in [5.74, 6) is 0.603. The summed E-state index contributed by atoms with van der Waals surface area (Å²) >= 11 is 7.68. The molecule has 1 amide bonds. The first-order valence-electron chi connectivity index (χ1n) is 12.3. The summed E-state index contributed by atoms with van der Waals surface area (Å²) in [6.45, 7) is 6.89. The van der Waals surface area contributed by atoms with Crippen LogP contribution in [0, 0.1) is 13.8 Å². The summed E-state index contributed by atoms with van der Waals surface area (Å²) in [6.07, 6.45) is 6.37. The normalized spacial score (nSPS) is 15.8. The average molecular weight is 519 g/mol. The highest BCUT2D eigenvalue weighted by molar-refractivity contribution is 8.19. The third-order valence-electron chi connectivity index (χ3n) is 5.87. The molecule has 36 heavy (non-hydrogen) atoms. The molecule has 0 saturated carbocycles.